The van der Waals surface area contributed by atoms with Crippen LogP contribution in [0.1, 0.15) is 31.4 Å². The molecule has 0 spiro atoms. The molecule has 2 nitrogen and oxygen atoms in total. The molecule has 1 aromatic rings. The maximum absolute atomic E-state index is 6.15. The minimum Gasteiger partial charge on any atom is -0.317 e. The largest absolute Gasteiger partial charge is 0.317 e. The van der Waals surface area contributed by atoms with Gasteiger partial charge in [-0.3, -0.25) is 4.90 Å². The number of hydrogen-bond donors (Lipinski definition) is 1. The number of benzene rings is 1. The molecule has 1 aliphatic heterocycles. The predicted molar refractivity (Wildman–Crippen MR) is 83.1 cm³/mol. The number of rotatable bonds is 4. The van der Waals surface area contributed by atoms with Crippen LogP contribution in [0.3, 0.4) is 0 Å². The van der Waals surface area contributed by atoms with E-state index in [9.17, 15) is 0 Å². The second-order valence-electron chi connectivity index (χ2n) is 5.34. The van der Waals surface area contributed by atoms with Gasteiger partial charge in [0.2, 0.25) is 0 Å². The molecule has 1 aromatic carbocycles. The van der Waals surface area contributed by atoms with Crippen LogP contribution in [-0.2, 0) is 0 Å². The summed E-state index contributed by atoms with van der Waals surface area (Å²) in [5.41, 5.74) is 1.24. The van der Waals surface area contributed by atoms with Crippen molar-refractivity contribution in [3.05, 3.63) is 33.8 Å². The minimum absolute atomic E-state index is 0.406. The summed E-state index contributed by atoms with van der Waals surface area (Å²) in [4.78, 5) is 2.42. The Kier molecular flexibility index (Phi) is 5.52. The molecule has 1 fully saturated rings. The van der Waals surface area contributed by atoms with Gasteiger partial charge in [-0.1, -0.05) is 30.1 Å². The number of nitrogens with zero attached hydrogens (tertiary/aromatic N) is 1. The van der Waals surface area contributed by atoms with Gasteiger partial charge in [0.05, 0.1) is 0 Å². The summed E-state index contributed by atoms with van der Waals surface area (Å²) in [6.07, 6.45) is 2.52. The Balaban J connectivity index is 2.25. The topological polar surface area (TPSA) is 15.3 Å². The molecule has 0 bridgehead atoms. The van der Waals surface area contributed by atoms with E-state index < -0.39 is 0 Å². The average molecular weight is 301 g/mol. The van der Waals surface area contributed by atoms with Crippen molar-refractivity contribution >= 4 is 23.2 Å². The van der Waals surface area contributed by atoms with Crippen LogP contribution in [0, 0.1) is 5.92 Å². The zero-order chi connectivity index (χ0) is 13.8. The third-order valence-electron chi connectivity index (χ3n) is 3.89. The van der Waals surface area contributed by atoms with Gasteiger partial charge in [0.15, 0.2) is 0 Å². The molecule has 2 rings (SSSR count). The highest BCUT2D eigenvalue weighted by molar-refractivity contribution is 6.34. The Morgan fingerprint density at radius 2 is 1.95 bits per heavy atom. The predicted octanol–water partition coefficient (Wildman–Crippen LogP) is 3.99. The molecule has 2 atom stereocenters. The van der Waals surface area contributed by atoms with Crippen molar-refractivity contribution in [3.8, 4) is 0 Å². The van der Waals surface area contributed by atoms with Crippen molar-refractivity contribution in [2.24, 2.45) is 5.92 Å². The van der Waals surface area contributed by atoms with E-state index >= 15 is 0 Å². The summed E-state index contributed by atoms with van der Waals surface area (Å²) in [5, 5.41) is 4.93. The smallest absolute Gasteiger partial charge is 0.0424 e. The first kappa shape index (κ1) is 15.1. The fourth-order valence-corrected chi connectivity index (χ4v) is 3.62. The quantitative estimate of drug-likeness (QED) is 0.904. The van der Waals surface area contributed by atoms with E-state index in [4.69, 9.17) is 23.2 Å². The highest BCUT2D eigenvalue weighted by Crippen LogP contribution is 2.36. The van der Waals surface area contributed by atoms with Crippen molar-refractivity contribution in [2.75, 3.05) is 26.7 Å². The summed E-state index contributed by atoms with van der Waals surface area (Å²) in [5.74, 6) is 0.619. The lowest BCUT2D eigenvalue weighted by Crippen LogP contribution is -2.40. The molecule has 1 N–H and O–H groups in total. The van der Waals surface area contributed by atoms with Gasteiger partial charge in [0, 0.05) is 16.1 Å². The Morgan fingerprint density at radius 3 is 2.58 bits per heavy atom. The standard InChI is InChI=1S/C15H22Cl2N2/c1-3-18-10-11-5-4-6-19(2)15(11)12-7-13(16)9-14(17)8-12/h7-9,11,15,18H,3-6,10H2,1-2H3. The first-order valence-electron chi connectivity index (χ1n) is 6.98. The van der Waals surface area contributed by atoms with E-state index in [0.717, 1.165) is 29.7 Å². The fourth-order valence-electron chi connectivity index (χ4n) is 3.08. The summed E-state index contributed by atoms with van der Waals surface area (Å²) in [7, 11) is 2.19. The van der Waals surface area contributed by atoms with E-state index in [1.807, 2.05) is 0 Å². The first-order chi connectivity index (χ1) is 9.11. The fraction of sp³-hybridized carbons (Fsp3) is 0.600. The number of piperidine rings is 1. The monoisotopic (exact) mass is 300 g/mol. The molecule has 1 heterocycles. The zero-order valence-corrected chi connectivity index (χ0v) is 13.1. The van der Waals surface area contributed by atoms with Crippen molar-refractivity contribution in [3.63, 3.8) is 0 Å². The van der Waals surface area contributed by atoms with Gasteiger partial charge in [0.25, 0.3) is 0 Å². The number of likely N-dealkylation sites (tertiary alicyclic amines) is 1. The molecule has 0 saturated carbocycles. The molecular weight excluding hydrogens is 279 g/mol. The SMILES string of the molecule is CCNCC1CCCN(C)C1c1cc(Cl)cc(Cl)c1. The molecule has 19 heavy (non-hydrogen) atoms. The highest BCUT2D eigenvalue weighted by atomic mass is 35.5. The van der Waals surface area contributed by atoms with Crippen LogP contribution in [-0.4, -0.2) is 31.6 Å². The van der Waals surface area contributed by atoms with E-state index in [0.29, 0.717) is 12.0 Å². The summed E-state index contributed by atoms with van der Waals surface area (Å²) < 4.78 is 0. The lowest BCUT2D eigenvalue weighted by Gasteiger charge is -2.40. The summed E-state index contributed by atoms with van der Waals surface area (Å²) >= 11 is 12.3. The molecule has 4 heteroatoms. The summed E-state index contributed by atoms with van der Waals surface area (Å²) in [6.45, 7) is 5.36. The van der Waals surface area contributed by atoms with Crippen LogP contribution in [0.25, 0.3) is 0 Å². The highest BCUT2D eigenvalue weighted by Gasteiger charge is 2.30. The Hall–Kier alpha value is -0.280. The normalized spacial score (nSPS) is 24.6. The molecule has 0 amide bonds. The first-order valence-corrected chi connectivity index (χ1v) is 7.74. The second kappa shape index (κ2) is 6.94. The molecule has 1 aliphatic rings. The summed E-state index contributed by atoms with van der Waals surface area (Å²) in [6, 6.07) is 6.32. The van der Waals surface area contributed by atoms with Gasteiger partial charge < -0.3 is 5.32 Å². The lowest BCUT2D eigenvalue weighted by atomic mass is 9.85. The molecule has 0 radical (unpaired) electrons. The third kappa shape index (κ3) is 3.85. The van der Waals surface area contributed by atoms with E-state index in [-0.39, 0.29) is 0 Å². The van der Waals surface area contributed by atoms with Crippen LogP contribution in [0.15, 0.2) is 18.2 Å². The van der Waals surface area contributed by atoms with E-state index in [1.165, 1.54) is 18.4 Å². The van der Waals surface area contributed by atoms with Gasteiger partial charge in [-0.05, 0) is 69.2 Å². The van der Waals surface area contributed by atoms with E-state index in [1.54, 1.807) is 6.07 Å². The van der Waals surface area contributed by atoms with Crippen molar-refractivity contribution in [1.29, 1.82) is 0 Å². The minimum atomic E-state index is 0.406. The molecule has 106 valence electrons. The number of hydrogen-bond acceptors (Lipinski definition) is 2. The van der Waals surface area contributed by atoms with Gasteiger partial charge in [0.1, 0.15) is 0 Å². The van der Waals surface area contributed by atoms with Crippen molar-refractivity contribution in [1.82, 2.24) is 10.2 Å². The van der Waals surface area contributed by atoms with Gasteiger partial charge >= 0.3 is 0 Å². The third-order valence-corrected chi connectivity index (χ3v) is 4.33. The van der Waals surface area contributed by atoms with Gasteiger partial charge in [-0.25, -0.2) is 0 Å². The number of nitrogens with one attached hydrogen (secondary N) is 1. The molecule has 0 aromatic heterocycles. The van der Waals surface area contributed by atoms with Gasteiger partial charge in [-0.15, -0.1) is 0 Å². The van der Waals surface area contributed by atoms with Crippen LogP contribution in [0.2, 0.25) is 10.0 Å². The Morgan fingerprint density at radius 1 is 1.26 bits per heavy atom. The van der Waals surface area contributed by atoms with Crippen LogP contribution in [0.5, 0.6) is 0 Å². The zero-order valence-electron chi connectivity index (χ0n) is 11.6. The Bertz CT molecular complexity index is 402. The van der Waals surface area contributed by atoms with Crippen LogP contribution in [0.4, 0.5) is 0 Å². The van der Waals surface area contributed by atoms with Crippen molar-refractivity contribution < 1.29 is 0 Å². The average Bonchev–Trinajstić information content (AvgIpc) is 2.35. The maximum Gasteiger partial charge on any atom is 0.0424 e. The lowest BCUT2D eigenvalue weighted by molar-refractivity contribution is 0.120. The van der Waals surface area contributed by atoms with Crippen molar-refractivity contribution in [2.45, 2.75) is 25.8 Å². The van der Waals surface area contributed by atoms with Crippen LogP contribution < -0.4 is 5.32 Å². The van der Waals surface area contributed by atoms with E-state index in [2.05, 4.69) is 36.3 Å². The molecular formula is C15H22Cl2N2. The Labute approximate surface area is 126 Å². The van der Waals surface area contributed by atoms with Crippen LogP contribution >= 0.6 is 23.2 Å². The molecule has 2 unspecified atom stereocenters. The molecule has 1 saturated heterocycles. The van der Waals surface area contributed by atoms with Gasteiger partial charge in [-0.2, -0.15) is 0 Å². The molecule has 0 aliphatic carbocycles. The number of halogens is 2. The second-order valence-corrected chi connectivity index (χ2v) is 6.21. The maximum atomic E-state index is 6.15.